The highest BCUT2D eigenvalue weighted by atomic mass is 35.5. The van der Waals surface area contributed by atoms with Crippen LogP contribution in [0.25, 0.3) is 0 Å². The molecule has 2 unspecified atom stereocenters. The van der Waals surface area contributed by atoms with Gasteiger partial charge in [0.1, 0.15) is 5.82 Å². The molecule has 0 aromatic carbocycles. The number of hydrogen-bond acceptors (Lipinski definition) is 3. The summed E-state index contributed by atoms with van der Waals surface area (Å²) in [5, 5.41) is 4.20. The van der Waals surface area contributed by atoms with Crippen LogP contribution >= 0.6 is 11.6 Å². The van der Waals surface area contributed by atoms with E-state index in [9.17, 15) is 0 Å². The van der Waals surface area contributed by atoms with Crippen molar-refractivity contribution in [3.8, 4) is 0 Å². The van der Waals surface area contributed by atoms with Crippen LogP contribution in [0.4, 0.5) is 5.82 Å². The molecule has 1 N–H and O–H groups in total. The molecule has 0 spiro atoms. The van der Waals surface area contributed by atoms with Crippen LogP contribution in [0.15, 0.2) is 12.1 Å². The minimum atomic E-state index is 0.645. The lowest BCUT2D eigenvalue weighted by atomic mass is 10.1. The number of aromatic nitrogens is 1. The molecule has 1 aromatic rings. The number of halogens is 1. The summed E-state index contributed by atoms with van der Waals surface area (Å²) in [7, 11) is 0. The molecule has 110 valence electrons. The molecule has 1 aliphatic carbocycles. The predicted molar refractivity (Wildman–Crippen MR) is 84.3 cm³/mol. The number of fused-ring (bicyclic) bond motifs is 2. The Kier molecular flexibility index (Phi) is 4.18. The van der Waals surface area contributed by atoms with E-state index in [0.29, 0.717) is 12.0 Å². The van der Waals surface area contributed by atoms with Gasteiger partial charge in [0.2, 0.25) is 0 Å². The summed E-state index contributed by atoms with van der Waals surface area (Å²) in [5.74, 6) is 2.65. The Morgan fingerprint density at radius 1 is 1.40 bits per heavy atom. The van der Waals surface area contributed by atoms with Gasteiger partial charge < -0.3 is 10.2 Å². The van der Waals surface area contributed by atoms with Crippen LogP contribution < -0.4 is 10.2 Å². The first kappa shape index (κ1) is 14.2. The number of anilines is 1. The average Bonchev–Trinajstić information content (AvgIpc) is 3.03. The van der Waals surface area contributed by atoms with Gasteiger partial charge in [0.25, 0.3) is 0 Å². The van der Waals surface area contributed by atoms with Crippen molar-refractivity contribution in [1.82, 2.24) is 10.3 Å². The van der Waals surface area contributed by atoms with Crippen LogP contribution in [0.2, 0.25) is 5.02 Å². The standard InChI is InChI=1S/C16H24ClN3/c1-11(2)8-18-9-15-14(17)5-6-16(19-15)20-10-12-3-4-13(20)7-12/h5-6,11-13,18H,3-4,7-10H2,1-2H3. The van der Waals surface area contributed by atoms with Gasteiger partial charge in [-0.15, -0.1) is 0 Å². The molecule has 1 saturated heterocycles. The molecule has 2 aliphatic rings. The highest BCUT2D eigenvalue weighted by molar-refractivity contribution is 6.31. The molecule has 0 amide bonds. The first-order valence-corrected chi connectivity index (χ1v) is 8.14. The van der Waals surface area contributed by atoms with E-state index in [4.69, 9.17) is 16.6 Å². The van der Waals surface area contributed by atoms with Crippen molar-refractivity contribution in [3.63, 3.8) is 0 Å². The Bertz CT molecular complexity index is 475. The molecule has 2 atom stereocenters. The molecule has 2 fully saturated rings. The summed E-state index contributed by atoms with van der Waals surface area (Å²) >= 11 is 6.28. The molecule has 20 heavy (non-hydrogen) atoms. The van der Waals surface area contributed by atoms with E-state index in [2.05, 4.69) is 30.1 Å². The second-order valence-electron chi connectivity index (χ2n) is 6.61. The van der Waals surface area contributed by atoms with Gasteiger partial charge in [-0.1, -0.05) is 25.4 Å². The number of nitrogens with zero attached hydrogens (tertiary/aromatic N) is 2. The van der Waals surface area contributed by atoms with Crippen molar-refractivity contribution >= 4 is 17.4 Å². The number of pyridine rings is 1. The number of rotatable bonds is 5. The molecular weight excluding hydrogens is 270 g/mol. The van der Waals surface area contributed by atoms with E-state index in [-0.39, 0.29) is 0 Å². The Morgan fingerprint density at radius 3 is 2.90 bits per heavy atom. The first-order valence-electron chi connectivity index (χ1n) is 7.76. The lowest BCUT2D eigenvalue weighted by Gasteiger charge is -2.28. The van der Waals surface area contributed by atoms with Crippen molar-refractivity contribution in [3.05, 3.63) is 22.8 Å². The van der Waals surface area contributed by atoms with Crippen LogP contribution in [-0.4, -0.2) is 24.1 Å². The van der Waals surface area contributed by atoms with E-state index >= 15 is 0 Å². The van der Waals surface area contributed by atoms with E-state index in [1.54, 1.807) is 0 Å². The maximum absolute atomic E-state index is 6.28. The molecule has 1 aromatic heterocycles. The Morgan fingerprint density at radius 2 is 2.25 bits per heavy atom. The molecule has 1 aliphatic heterocycles. The Labute approximate surface area is 126 Å². The van der Waals surface area contributed by atoms with Crippen LogP contribution in [0.5, 0.6) is 0 Å². The fourth-order valence-electron chi connectivity index (χ4n) is 3.44. The lowest BCUT2D eigenvalue weighted by molar-refractivity contribution is 0.542. The highest BCUT2D eigenvalue weighted by Crippen LogP contribution is 2.39. The molecular formula is C16H24ClN3. The maximum Gasteiger partial charge on any atom is 0.129 e. The van der Waals surface area contributed by atoms with Gasteiger partial charge in [-0.05, 0) is 49.8 Å². The zero-order chi connectivity index (χ0) is 14.1. The molecule has 2 heterocycles. The summed E-state index contributed by atoms with van der Waals surface area (Å²) in [4.78, 5) is 7.28. The third kappa shape index (κ3) is 2.94. The van der Waals surface area contributed by atoms with Gasteiger partial charge in [-0.25, -0.2) is 4.98 Å². The minimum Gasteiger partial charge on any atom is -0.353 e. The van der Waals surface area contributed by atoms with Gasteiger partial charge >= 0.3 is 0 Å². The fraction of sp³-hybridized carbons (Fsp3) is 0.688. The summed E-state index contributed by atoms with van der Waals surface area (Å²) in [6.45, 7) is 7.35. The van der Waals surface area contributed by atoms with Gasteiger partial charge in [-0.3, -0.25) is 0 Å². The molecule has 1 saturated carbocycles. The van der Waals surface area contributed by atoms with Crippen molar-refractivity contribution in [2.75, 3.05) is 18.0 Å². The highest BCUT2D eigenvalue weighted by Gasteiger charge is 2.38. The summed E-state index contributed by atoms with van der Waals surface area (Å²) in [6, 6.07) is 4.79. The van der Waals surface area contributed by atoms with Crippen LogP contribution in [0.1, 0.15) is 38.8 Å². The van der Waals surface area contributed by atoms with Gasteiger partial charge in [-0.2, -0.15) is 0 Å². The van der Waals surface area contributed by atoms with Gasteiger partial charge in [0.05, 0.1) is 10.7 Å². The molecule has 0 radical (unpaired) electrons. The van der Waals surface area contributed by atoms with Crippen molar-refractivity contribution in [2.45, 2.75) is 45.7 Å². The maximum atomic E-state index is 6.28. The molecule has 3 rings (SSSR count). The zero-order valence-corrected chi connectivity index (χ0v) is 13.2. The van der Waals surface area contributed by atoms with Crippen LogP contribution in [-0.2, 0) is 6.54 Å². The minimum absolute atomic E-state index is 0.645. The van der Waals surface area contributed by atoms with Crippen LogP contribution in [0, 0.1) is 11.8 Å². The lowest BCUT2D eigenvalue weighted by Crippen LogP contribution is -2.32. The van der Waals surface area contributed by atoms with Gasteiger partial charge in [0.15, 0.2) is 0 Å². The van der Waals surface area contributed by atoms with E-state index in [0.717, 1.165) is 35.5 Å². The Hall–Kier alpha value is -0.800. The quantitative estimate of drug-likeness (QED) is 0.901. The SMILES string of the molecule is CC(C)CNCc1nc(N2CC3CCC2C3)ccc1Cl. The Balaban J connectivity index is 1.70. The monoisotopic (exact) mass is 293 g/mol. The largest absolute Gasteiger partial charge is 0.353 e. The average molecular weight is 294 g/mol. The van der Waals surface area contributed by atoms with E-state index < -0.39 is 0 Å². The van der Waals surface area contributed by atoms with Crippen LogP contribution in [0.3, 0.4) is 0 Å². The van der Waals surface area contributed by atoms with Crippen molar-refractivity contribution < 1.29 is 0 Å². The van der Waals surface area contributed by atoms with E-state index in [1.165, 1.54) is 25.8 Å². The molecule has 4 heteroatoms. The molecule has 2 bridgehead atoms. The molecule has 3 nitrogen and oxygen atoms in total. The number of nitrogens with one attached hydrogen (secondary N) is 1. The second-order valence-corrected chi connectivity index (χ2v) is 7.02. The summed E-state index contributed by atoms with van der Waals surface area (Å²) < 4.78 is 0. The normalized spacial score (nSPS) is 24.9. The summed E-state index contributed by atoms with van der Waals surface area (Å²) in [6.07, 6.45) is 4.08. The first-order chi connectivity index (χ1) is 9.63. The zero-order valence-electron chi connectivity index (χ0n) is 12.4. The second kappa shape index (κ2) is 5.90. The predicted octanol–water partition coefficient (Wildman–Crippen LogP) is 3.47. The van der Waals surface area contributed by atoms with Crippen molar-refractivity contribution in [1.29, 1.82) is 0 Å². The van der Waals surface area contributed by atoms with Gasteiger partial charge in [0, 0.05) is 19.1 Å². The van der Waals surface area contributed by atoms with Crippen molar-refractivity contribution in [2.24, 2.45) is 11.8 Å². The third-order valence-corrected chi connectivity index (χ3v) is 4.80. The smallest absolute Gasteiger partial charge is 0.129 e. The third-order valence-electron chi connectivity index (χ3n) is 4.45. The topological polar surface area (TPSA) is 28.2 Å². The number of hydrogen-bond donors (Lipinski definition) is 1. The van der Waals surface area contributed by atoms with E-state index in [1.807, 2.05) is 6.07 Å². The summed E-state index contributed by atoms with van der Waals surface area (Å²) in [5.41, 5.74) is 0.979. The number of piperidine rings is 1. The fourth-order valence-corrected chi connectivity index (χ4v) is 3.61.